The van der Waals surface area contributed by atoms with Gasteiger partial charge in [-0.15, -0.1) is 0 Å². The number of hydrazine groups is 1. The third kappa shape index (κ3) is 3.07. The molecular weight excluding hydrogens is 281 g/mol. The van der Waals surface area contributed by atoms with Gasteiger partial charge in [-0.1, -0.05) is 35.3 Å². The lowest BCUT2D eigenvalue weighted by atomic mass is 10.00. The van der Waals surface area contributed by atoms with Crippen molar-refractivity contribution in [3.8, 4) is 0 Å². The lowest BCUT2D eigenvalue weighted by Gasteiger charge is -2.18. The van der Waals surface area contributed by atoms with E-state index in [4.69, 9.17) is 29.0 Å². The Balaban J connectivity index is 2.46. The Bertz CT molecular complexity index is 599. The van der Waals surface area contributed by atoms with Gasteiger partial charge < -0.3 is 0 Å². The van der Waals surface area contributed by atoms with Gasteiger partial charge >= 0.3 is 0 Å². The monoisotopic (exact) mass is 295 g/mol. The van der Waals surface area contributed by atoms with Gasteiger partial charge in [-0.25, -0.2) is 5.43 Å². The lowest BCUT2D eigenvalue weighted by Crippen LogP contribution is -2.30. The van der Waals surface area contributed by atoms with E-state index in [1.807, 2.05) is 26.1 Å². The van der Waals surface area contributed by atoms with Gasteiger partial charge in [0, 0.05) is 6.20 Å². The molecule has 100 valence electrons. The van der Waals surface area contributed by atoms with Crippen LogP contribution in [-0.4, -0.2) is 4.98 Å². The molecule has 0 aliphatic carbocycles. The molecule has 1 aromatic heterocycles. The van der Waals surface area contributed by atoms with Gasteiger partial charge in [0.05, 0.1) is 21.8 Å². The molecule has 2 aromatic rings. The molecule has 1 atom stereocenters. The molecular formula is C14H15Cl2N3. The number of halogens is 2. The van der Waals surface area contributed by atoms with E-state index in [0.717, 1.165) is 22.4 Å². The van der Waals surface area contributed by atoms with Crippen LogP contribution in [0.2, 0.25) is 10.0 Å². The topological polar surface area (TPSA) is 50.9 Å². The molecule has 2 rings (SSSR count). The number of nitrogens with zero attached hydrogens (tertiary/aromatic N) is 1. The van der Waals surface area contributed by atoms with Crippen LogP contribution < -0.4 is 11.3 Å². The first-order valence-electron chi connectivity index (χ1n) is 5.87. The van der Waals surface area contributed by atoms with Crippen LogP contribution in [0.3, 0.4) is 0 Å². The Morgan fingerprint density at radius 2 is 1.89 bits per heavy atom. The summed E-state index contributed by atoms with van der Waals surface area (Å²) < 4.78 is 0. The molecule has 1 heterocycles. The molecule has 1 aromatic carbocycles. The van der Waals surface area contributed by atoms with Gasteiger partial charge in [0.1, 0.15) is 0 Å². The van der Waals surface area contributed by atoms with E-state index in [1.54, 1.807) is 12.1 Å². The Kier molecular flexibility index (Phi) is 4.42. The fourth-order valence-corrected chi connectivity index (χ4v) is 2.36. The van der Waals surface area contributed by atoms with Crippen LogP contribution in [0.25, 0.3) is 0 Å². The van der Waals surface area contributed by atoms with E-state index in [1.165, 1.54) is 0 Å². The summed E-state index contributed by atoms with van der Waals surface area (Å²) in [6, 6.07) is 7.31. The second kappa shape index (κ2) is 5.88. The molecule has 0 fully saturated rings. The van der Waals surface area contributed by atoms with E-state index < -0.39 is 0 Å². The van der Waals surface area contributed by atoms with Crippen molar-refractivity contribution in [1.82, 2.24) is 10.4 Å². The van der Waals surface area contributed by atoms with Crippen molar-refractivity contribution in [2.24, 2.45) is 5.84 Å². The first-order chi connectivity index (χ1) is 9.02. The number of pyridine rings is 1. The average molecular weight is 296 g/mol. The maximum atomic E-state index is 6.05. The molecule has 5 heteroatoms. The molecule has 0 bridgehead atoms. The van der Waals surface area contributed by atoms with Crippen LogP contribution in [-0.2, 0) is 0 Å². The van der Waals surface area contributed by atoms with Crippen LogP contribution in [0.1, 0.15) is 28.4 Å². The summed E-state index contributed by atoms with van der Waals surface area (Å²) >= 11 is 12.0. The minimum absolute atomic E-state index is 0.213. The van der Waals surface area contributed by atoms with Crippen molar-refractivity contribution < 1.29 is 0 Å². The largest absolute Gasteiger partial charge is 0.271 e. The van der Waals surface area contributed by atoms with Crippen molar-refractivity contribution in [2.45, 2.75) is 19.9 Å². The fraction of sp³-hybridized carbons (Fsp3) is 0.214. The van der Waals surface area contributed by atoms with Gasteiger partial charge in [0.25, 0.3) is 0 Å². The fourth-order valence-electron chi connectivity index (χ4n) is 2.05. The summed E-state index contributed by atoms with van der Waals surface area (Å²) in [5.74, 6) is 5.67. The van der Waals surface area contributed by atoms with E-state index >= 15 is 0 Å². The van der Waals surface area contributed by atoms with Crippen molar-refractivity contribution >= 4 is 23.2 Å². The molecule has 0 saturated heterocycles. The number of aromatic nitrogens is 1. The first kappa shape index (κ1) is 14.3. The van der Waals surface area contributed by atoms with Crippen LogP contribution >= 0.6 is 23.2 Å². The SMILES string of the molecule is Cc1cnc(C(NN)c2ccc(Cl)c(Cl)c2)c(C)c1. The standard InChI is InChI=1S/C14H15Cl2N3/c1-8-5-9(2)13(18-7-8)14(19-17)10-3-4-11(15)12(16)6-10/h3-7,14,19H,17H2,1-2H3. The maximum Gasteiger partial charge on any atom is 0.0884 e. The van der Waals surface area contributed by atoms with Gasteiger partial charge in [0.2, 0.25) is 0 Å². The Labute approximate surface area is 122 Å². The minimum Gasteiger partial charge on any atom is -0.271 e. The second-order valence-corrected chi connectivity index (χ2v) is 5.30. The van der Waals surface area contributed by atoms with Gasteiger partial charge in [-0.3, -0.25) is 10.8 Å². The number of aryl methyl sites for hydroxylation is 2. The average Bonchev–Trinajstić information content (AvgIpc) is 2.37. The summed E-state index contributed by atoms with van der Waals surface area (Å²) in [5, 5.41) is 1.03. The van der Waals surface area contributed by atoms with E-state index in [0.29, 0.717) is 10.0 Å². The molecule has 0 amide bonds. The molecule has 3 N–H and O–H groups in total. The lowest BCUT2D eigenvalue weighted by molar-refractivity contribution is 0.616. The summed E-state index contributed by atoms with van der Waals surface area (Å²) in [7, 11) is 0. The molecule has 0 radical (unpaired) electrons. The van der Waals surface area contributed by atoms with Crippen LogP contribution in [0, 0.1) is 13.8 Å². The predicted octanol–water partition coefficient (Wildman–Crippen LogP) is 3.56. The summed E-state index contributed by atoms with van der Waals surface area (Å²) in [5.41, 5.74) is 6.78. The normalized spacial score (nSPS) is 12.5. The maximum absolute atomic E-state index is 6.05. The molecule has 1 unspecified atom stereocenters. The summed E-state index contributed by atoms with van der Waals surface area (Å²) in [4.78, 5) is 4.46. The molecule has 0 aliphatic heterocycles. The predicted molar refractivity (Wildman–Crippen MR) is 79.3 cm³/mol. The molecule has 19 heavy (non-hydrogen) atoms. The summed E-state index contributed by atoms with van der Waals surface area (Å²) in [6.45, 7) is 4.02. The van der Waals surface area contributed by atoms with E-state index in [9.17, 15) is 0 Å². The zero-order valence-corrected chi connectivity index (χ0v) is 12.3. The third-order valence-corrected chi connectivity index (χ3v) is 3.71. The van der Waals surface area contributed by atoms with Crippen LogP contribution in [0.5, 0.6) is 0 Å². The highest BCUT2D eigenvalue weighted by atomic mass is 35.5. The van der Waals surface area contributed by atoms with Crippen molar-refractivity contribution in [3.05, 3.63) is 62.9 Å². The van der Waals surface area contributed by atoms with Gasteiger partial charge in [0.15, 0.2) is 0 Å². The number of nitrogens with one attached hydrogen (secondary N) is 1. The highest BCUT2D eigenvalue weighted by Gasteiger charge is 2.17. The third-order valence-electron chi connectivity index (χ3n) is 2.97. The van der Waals surface area contributed by atoms with Crippen LogP contribution in [0.4, 0.5) is 0 Å². The number of hydrogen-bond acceptors (Lipinski definition) is 3. The highest BCUT2D eigenvalue weighted by Crippen LogP contribution is 2.29. The Morgan fingerprint density at radius 3 is 2.47 bits per heavy atom. The van der Waals surface area contributed by atoms with Gasteiger partial charge in [-0.05, 0) is 42.7 Å². The van der Waals surface area contributed by atoms with E-state index in [2.05, 4.69) is 16.5 Å². The summed E-state index contributed by atoms with van der Waals surface area (Å²) in [6.07, 6.45) is 1.82. The van der Waals surface area contributed by atoms with Crippen molar-refractivity contribution in [2.75, 3.05) is 0 Å². The number of hydrogen-bond donors (Lipinski definition) is 2. The zero-order valence-electron chi connectivity index (χ0n) is 10.7. The van der Waals surface area contributed by atoms with Crippen LogP contribution in [0.15, 0.2) is 30.5 Å². The Hall–Kier alpha value is -1.13. The quantitative estimate of drug-likeness (QED) is 0.672. The number of rotatable bonds is 3. The first-order valence-corrected chi connectivity index (χ1v) is 6.62. The molecule has 0 aliphatic rings. The smallest absolute Gasteiger partial charge is 0.0884 e. The Morgan fingerprint density at radius 1 is 1.16 bits per heavy atom. The van der Waals surface area contributed by atoms with Gasteiger partial charge in [-0.2, -0.15) is 0 Å². The number of nitrogens with two attached hydrogens (primary N) is 1. The second-order valence-electron chi connectivity index (χ2n) is 4.49. The highest BCUT2D eigenvalue weighted by molar-refractivity contribution is 6.42. The van der Waals surface area contributed by atoms with Crippen molar-refractivity contribution in [3.63, 3.8) is 0 Å². The molecule has 0 saturated carbocycles. The molecule has 3 nitrogen and oxygen atoms in total. The van der Waals surface area contributed by atoms with Crippen molar-refractivity contribution in [1.29, 1.82) is 0 Å². The van der Waals surface area contributed by atoms with E-state index in [-0.39, 0.29) is 6.04 Å². The number of benzene rings is 1. The zero-order chi connectivity index (χ0) is 14.0. The minimum atomic E-state index is -0.213. The molecule has 0 spiro atoms.